The summed E-state index contributed by atoms with van der Waals surface area (Å²) >= 11 is 0. The van der Waals surface area contributed by atoms with Crippen molar-refractivity contribution in [3.63, 3.8) is 0 Å². The molecule has 3 nitrogen and oxygen atoms in total. The Bertz CT molecular complexity index is 525. The van der Waals surface area contributed by atoms with Gasteiger partial charge in [-0.3, -0.25) is 0 Å². The van der Waals surface area contributed by atoms with Gasteiger partial charge in [0.25, 0.3) is 0 Å². The molecule has 0 spiro atoms. The van der Waals surface area contributed by atoms with Crippen LogP contribution in [0, 0.1) is 0 Å². The zero-order chi connectivity index (χ0) is 15.6. The lowest BCUT2D eigenvalue weighted by Gasteiger charge is -2.15. The van der Waals surface area contributed by atoms with Crippen LogP contribution in [-0.2, 0) is 0 Å². The zero-order valence-electron chi connectivity index (χ0n) is 13.5. The number of anilines is 1. The summed E-state index contributed by atoms with van der Waals surface area (Å²) < 4.78 is 5.58. The fourth-order valence-electron chi connectivity index (χ4n) is 2.24. The first kappa shape index (κ1) is 16.4. The van der Waals surface area contributed by atoms with Gasteiger partial charge in [0.15, 0.2) is 0 Å². The molecule has 118 valence electrons. The Hall–Kier alpha value is -2.00. The zero-order valence-corrected chi connectivity index (χ0v) is 13.5. The summed E-state index contributed by atoms with van der Waals surface area (Å²) in [6.45, 7) is 6.89. The Morgan fingerprint density at radius 3 is 2.36 bits per heavy atom. The molecule has 2 aromatic rings. The molecule has 1 atom stereocenters. The van der Waals surface area contributed by atoms with Crippen LogP contribution < -0.4 is 15.4 Å². The molecule has 0 saturated heterocycles. The highest BCUT2D eigenvalue weighted by molar-refractivity contribution is 5.46. The Kier molecular flexibility index (Phi) is 6.78. The summed E-state index contributed by atoms with van der Waals surface area (Å²) in [4.78, 5) is 0. The van der Waals surface area contributed by atoms with Crippen LogP contribution in [0.15, 0.2) is 54.6 Å². The molecule has 0 radical (unpaired) electrons. The summed E-state index contributed by atoms with van der Waals surface area (Å²) in [6, 6.07) is 19.0. The third-order valence-electron chi connectivity index (χ3n) is 3.53. The largest absolute Gasteiger partial charge is 0.494 e. The first-order valence-corrected chi connectivity index (χ1v) is 8.04. The van der Waals surface area contributed by atoms with Crippen LogP contribution in [-0.4, -0.2) is 19.7 Å². The molecule has 0 heterocycles. The smallest absolute Gasteiger partial charge is 0.119 e. The van der Waals surface area contributed by atoms with E-state index in [-0.39, 0.29) is 0 Å². The van der Waals surface area contributed by atoms with Gasteiger partial charge >= 0.3 is 0 Å². The highest BCUT2D eigenvalue weighted by atomic mass is 16.5. The number of hydrogen-bond donors (Lipinski definition) is 2. The van der Waals surface area contributed by atoms with Crippen molar-refractivity contribution in [2.75, 3.05) is 25.0 Å². The van der Waals surface area contributed by atoms with E-state index in [0.29, 0.717) is 6.04 Å². The van der Waals surface area contributed by atoms with Crippen molar-refractivity contribution in [2.45, 2.75) is 26.3 Å². The lowest BCUT2D eigenvalue weighted by atomic mass is 10.1. The molecule has 1 unspecified atom stereocenters. The third kappa shape index (κ3) is 5.41. The SMILES string of the molecule is CCCOc1ccc(NCCNC(C)c2ccccc2)cc1. The molecule has 0 saturated carbocycles. The second-order valence-electron chi connectivity index (χ2n) is 5.39. The quantitative estimate of drug-likeness (QED) is 0.679. The predicted molar refractivity (Wildman–Crippen MR) is 93.6 cm³/mol. The van der Waals surface area contributed by atoms with Crippen LogP contribution in [0.5, 0.6) is 5.75 Å². The minimum Gasteiger partial charge on any atom is -0.494 e. The summed E-state index contributed by atoms with van der Waals surface area (Å²) in [5.74, 6) is 0.934. The van der Waals surface area contributed by atoms with Crippen molar-refractivity contribution < 1.29 is 4.74 Å². The second-order valence-corrected chi connectivity index (χ2v) is 5.39. The maximum Gasteiger partial charge on any atom is 0.119 e. The van der Waals surface area contributed by atoms with Gasteiger partial charge in [-0.1, -0.05) is 37.3 Å². The van der Waals surface area contributed by atoms with Crippen molar-refractivity contribution in [3.8, 4) is 5.75 Å². The van der Waals surface area contributed by atoms with Crippen LogP contribution in [0.4, 0.5) is 5.69 Å². The minimum absolute atomic E-state index is 0.368. The van der Waals surface area contributed by atoms with Gasteiger partial charge in [-0.05, 0) is 43.2 Å². The molecule has 0 bridgehead atoms. The topological polar surface area (TPSA) is 33.3 Å². The highest BCUT2D eigenvalue weighted by Gasteiger charge is 2.02. The molecule has 0 aliphatic rings. The first-order chi connectivity index (χ1) is 10.8. The predicted octanol–water partition coefficient (Wildman–Crippen LogP) is 4.24. The average molecular weight is 298 g/mol. The molecule has 2 aromatic carbocycles. The van der Waals surface area contributed by atoms with Crippen LogP contribution in [0.25, 0.3) is 0 Å². The molecule has 22 heavy (non-hydrogen) atoms. The summed E-state index contributed by atoms with van der Waals surface area (Å²) in [5.41, 5.74) is 2.44. The van der Waals surface area contributed by atoms with Crippen molar-refractivity contribution in [2.24, 2.45) is 0 Å². The lowest BCUT2D eigenvalue weighted by Crippen LogP contribution is -2.25. The van der Waals surface area contributed by atoms with E-state index in [1.165, 1.54) is 5.56 Å². The monoisotopic (exact) mass is 298 g/mol. The standard InChI is InChI=1S/C19H26N2O/c1-3-15-22-19-11-9-18(10-12-19)21-14-13-20-16(2)17-7-5-4-6-8-17/h4-12,16,20-21H,3,13-15H2,1-2H3. The van der Waals surface area contributed by atoms with E-state index in [9.17, 15) is 0 Å². The second kappa shape index (κ2) is 9.11. The normalized spacial score (nSPS) is 11.9. The number of ether oxygens (including phenoxy) is 1. The van der Waals surface area contributed by atoms with E-state index < -0.39 is 0 Å². The van der Waals surface area contributed by atoms with Gasteiger partial charge in [0.05, 0.1) is 6.61 Å². The van der Waals surface area contributed by atoms with E-state index >= 15 is 0 Å². The molecule has 2 N–H and O–H groups in total. The van der Waals surface area contributed by atoms with Crippen LogP contribution in [0.3, 0.4) is 0 Å². The van der Waals surface area contributed by atoms with Gasteiger partial charge in [-0.25, -0.2) is 0 Å². The molecule has 3 heteroatoms. The van der Waals surface area contributed by atoms with Gasteiger partial charge in [0, 0.05) is 24.8 Å². The van der Waals surface area contributed by atoms with Crippen molar-refractivity contribution in [1.82, 2.24) is 5.32 Å². The molecule has 0 aromatic heterocycles. The maximum absolute atomic E-state index is 5.58. The lowest BCUT2D eigenvalue weighted by molar-refractivity contribution is 0.317. The molecular weight excluding hydrogens is 272 g/mol. The van der Waals surface area contributed by atoms with Gasteiger partial charge in [-0.15, -0.1) is 0 Å². The van der Waals surface area contributed by atoms with Crippen molar-refractivity contribution in [3.05, 3.63) is 60.2 Å². The van der Waals surface area contributed by atoms with E-state index in [1.807, 2.05) is 18.2 Å². The number of benzene rings is 2. The Morgan fingerprint density at radius 1 is 0.955 bits per heavy atom. The molecular formula is C19H26N2O. The van der Waals surface area contributed by atoms with E-state index in [2.05, 4.69) is 60.9 Å². The first-order valence-electron chi connectivity index (χ1n) is 8.04. The summed E-state index contributed by atoms with van der Waals surface area (Å²) in [6.07, 6.45) is 1.03. The molecule has 0 fully saturated rings. The molecule has 0 aliphatic heterocycles. The minimum atomic E-state index is 0.368. The number of hydrogen-bond acceptors (Lipinski definition) is 3. The average Bonchev–Trinajstić information content (AvgIpc) is 2.58. The Morgan fingerprint density at radius 2 is 1.68 bits per heavy atom. The van der Waals surface area contributed by atoms with E-state index in [0.717, 1.165) is 37.6 Å². The Labute approximate surface area is 133 Å². The van der Waals surface area contributed by atoms with Crippen molar-refractivity contribution in [1.29, 1.82) is 0 Å². The fraction of sp³-hybridized carbons (Fsp3) is 0.368. The molecule has 0 aliphatic carbocycles. The fourth-order valence-corrected chi connectivity index (χ4v) is 2.24. The van der Waals surface area contributed by atoms with Crippen molar-refractivity contribution >= 4 is 5.69 Å². The van der Waals surface area contributed by atoms with Gasteiger partial charge in [0.2, 0.25) is 0 Å². The summed E-state index contributed by atoms with van der Waals surface area (Å²) in [5, 5.41) is 6.94. The molecule has 0 amide bonds. The van der Waals surface area contributed by atoms with Gasteiger partial charge in [0.1, 0.15) is 5.75 Å². The Balaban J connectivity index is 1.68. The van der Waals surface area contributed by atoms with Crippen LogP contribution in [0.1, 0.15) is 31.9 Å². The third-order valence-corrected chi connectivity index (χ3v) is 3.53. The number of nitrogens with one attached hydrogen (secondary N) is 2. The number of rotatable bonds is 9. The van der Waals surface area contributed by atoms with E-state index in [1.54, 1.807) is 0 Å². The van der Waals surface area contributed by atoms with Gasteiger partial charge < -0.3 is 15.4 Å². The van der Waals surface area contributed by atoms with Crippen LogP contribution >= 0.6 is 0 Å². The van der Waals surface area contributed by atoms with Gasteiger partial charge in [-0.2, -0.15) is 0 Å². The summed E-state index contributed by atoms with van der Waals surface area (Å²) in [7, 11) is 0. The van der Waals surface area contributed by atoms with Crippen LogP contribution in [0.2, 0.25) is 0 Å². The van der Waals surface area contributed by atoms with E-state index in [4.69, 9.17) is 4.74 Å². The molecule has 2 rings (SSSR count). The highest BCUT2D eigenvalue weighted by Crippen LogP contribution is 2.15. The maximum atomic E-state index is 5.58.